The van der Waals surface area contributed by atoms with E-state index in [0.29, 0.717) is 6.61 Å². The van der Waals surface area contributed by atoms with Crippen molar-refractivity contribution in [1.29, 1.82) is 0 Å². The summed E-state index contributed by atoms with van der Waals surface area (Å²) in [5, 5.41) is 0. The van der Waals surface area contributed by atoms with Crippen LogP contribution in [0.1, 0.15) is 12.5 Å². The molecule has 0 heterocycles. The first kappa shape index (κ1) is 12.1. The molecule has 1 aromatic rings. The zero-order valence-corrected chi connectivity index (χ0v) is 9.78. The van der Waals surface area contributed by atoms with Crippen molar-refractivity contribution in [2.45, 2.75) is 6.92 Å². The van der Waals surface area contributed by atoms with E-state index in [4.69, 9.17) is 4.74 Å². The van der Waals surface area contributed by atoms with Crippen molar-refractivity contribution >= 4 is 11.7 Å². The molecule has 0 N–H and O–H groups in total. The summed E-state index contributed by atoms with van der Waals surface area (Å²) in [5.41, 5.74) is 1.81. The van der Waals surface area contributed by atoms with Crippen LogP contribution in [0.3, 0.4) is 0 Å². The van der Waals surface area contributed by atoms with Crippen molar-refractivity contribution in [1.82, 2.24) is 0 Å². The van der Waals surface area contributed by atoms with E-state index in [1.54, 1.807) is 6.92 Å². The average Bonchev–Trinajstić information content (AvgIpc) is 2.27. The maximum absolute atomic E-state index is 11.1. The lowest BCUT2D eigenvalue weighted by atomic mass is 10.1. The van der Waals surface area contributed by atoms with Gasteiger partial charge in [0.05, 0.1) is 12.3 Å². The molecule has 0 amide bonds. The van der Waals surface area contributed by atoms with E-state index in [9.17, 15) is 4.79 Å². The average molecular weight is 217 g/mol. The van der Waals surface area contributed by atoms with Gasteiger partial charge in [0, 0.05) is 25.6 Å². The molecule has 1 rings (SSSR count). The van der Waals surface area contributed by atoms with Crippen LogP contribution >= 0.6 is 0 Å². The standard InChI is InChI=1S/C13H15NO2/c1-4-16-13(15)10-9-11-7-5-6-8-12(11)14(2)3/h5-8H,4H2,1-3H3. The molecule has 0 saturated carbocycles. The van der Waals surface area contributed by atoms with Gasteiger partial charge in [-0.1, -0.05) is 18.1 Å². The molecule has 16 heavy (non-hydrogen) atoms. The molecule has 0 unspecified atom stereocenters. The monoisotopic (exact) mass is 217 g/mol. The number of nitrogens with zero attached hydrogens (tertiary/aromatic N) is 1. The van der Waals surface area contributed by atoms with E-state index in [1.165, 1.54) is 0 Å². The predicted octanol–water partition coefficient (Wildman–Crippen LogP) is 1.67. The van der Waals surface area contributed by atoms with Gasteiger partial charge in [-0.05, 0) is 19.1 Å². The Morgan fingerprint density at radius 3 is 2.69 bits per heavy atom. The van der Waals surface area contributed by atoms with Crippen LogP contribution < -0.4 is 4.90 Å². The predicted molar refractivity (Wildman–Crippen MR) is 64.3 cm³/mol. The van der Waals surface area contributed by atoms with E-state index >= 15 is 0 Å². The highest BCUT2D eigenvalue weighted by molar-refractivity contribution is 5.89. The Balaban J connectivity index is 2.92. The number of hydrogen-bond donors (Lipinski definition) is 0. The number of para-hydroxylation sites is 1. The summed E-state index contributed by atoms with van der Waals surface area (Å²) < 4.78 is 4.74. The molecular formula is C13H15NO2. The number of benzene rings is 1. The summed E-state index contributed by atoms with van der Waals surface area (Å²) >= 11 is 0. The Bertz CT molecular complexity index is 427. The summed E-state index contributed by atoms with van der Waals surface area (Å²) in [7, 11) is 3.87. The molecule has 0 atom stereocenters. The molecule has 3 heteroatoms. The van der Waals surface area contributed by atoms with Gasteiger partial charge in [0.2, 0.25) is 0 Å². The second-order valence-corrected chi connectivity index (χ2v) is 3.38. The van der Waals surface area contributed by atoms with Gasteiger partial charge in [-0.25, -0.2) is 4.79 Å². The molecule has 0 aliphatic heterocycles. The molecular weight excluding hydrogens is 202 g/mol. The number of carbonyl (C=O) groups excluding carboxylic acids is 1. The minimum Gasteiger partial charge on any atom is -0.456 e. The Labute approximate surface area is 96.0 Å². The van der Waals surface area contributed by atoms with Crippen LogP contribution in [0.4, 0.5) is 5.69 Å². The summed E-state index contributed by atoms with van der Waals surface area (Å²) in [6.45, 7) is 2.11. The fourth-order valence-electron chi connectivity index (χ4n) is 1.25. The van der Waals surface area contributed by atoms with E-state index in [1.807, 2.05) is 43.3 Å². The summed E-state index contributed by atoms with van der Waals surface area (Å²) in [4.78, 5) is 13.0. The maximum Gasteiger partial charge on any atom is 0.384 e. The molecule has 0 aliphatic carbocycles. The van der Waals surface area contributed by atoms with Crippen LogP contribution in [-0.4, -0.2) is 26.7 Å². The summed E-state index contributed by atoms with van der Waals surface area (Å²) in [6, 6.07) is 7.66. The van der Waals surface area contributed by atoms with E-state index in [2.05, 4.69) is 11.8 Å². The number of rotatable bonds is 2. The minimum absolute atomic E-state index is 0.350. The van der Waals surface area contributed by atoms with E-state index < -0.39 is 5.97 Å². The van der Waals surface area contributed by atoms with Crippen molar-refractivity contribution in [2.75, 3.05) is 25.6 Å². The van der Waals surface area contributed by atoms with Gasteiger partial charge in [-0.15, -0.1) is 0 Å². The van der Waals surface area contributed by atoms with Crippen molar-refractivity contribution in [2.24, 2.45) is 0 Å². The van der Waals surface area contributed by atoms with Crippen molar-refractivity contribution < 1.29 is 9.53 Å². The highest BCUT2D eigenvalue weighted by Gasteiger charge is 2.00. The molecule has 0 aliphatic rings. The lowest BCUT2D eigenvalue weighted by Crippen LogP contribution is -2.10. The zero-order valence-electron chi connectivity index (χ0n) is 9.78. The zero-order chi connectivity index (χ0) is 12.0. The second kappa shape index (κ2) is 5.82. The highest BCUT2D eigenvalue weighted by atomic mass is 16.5. The number of anilines is 1. The molecule has 0 saturated heterocycles. The Kier molecular flexibility index (Phi) is 4.41. The van der Waals surface area contributed by atoms with Gasteiger partial charge in [0.25, 0.3) is 0 Å². The molecule has 84 valence electrons. The third-order valence-electron chi connectivity index (χ3n) is 1.96. The lowest BCUT2D eigenvalue weighted by Gasteiger charge is -2.13. The second-order valence-electron chi connectivity index (χ2n) is 3.38. The van der Waals surface area contributed by atoms with Gasteiger partial charge >= 0.3 is 5.97 Å². The number of carbonyl (C=O) groups is 1. The molecule has 3 nitrogen and oxygen atoms in total. The van der Waals surface area contributed by atoms with Crippen molar-refractivity contribution in [3.8, 4) is 11.8 Å². The van der Waals surface area contributed by atoms with E-state index in [-0.39, 0.29) is 0 Å². The first-order chi connectivity index (χ1) is 7.65. The summed E-state index contributed by atoms with van der Waals surface area (Å²) in [6.07, 6.45) is 0. The van der Waals surface area contributed by atoms with Gasteiger partial charge in [-0.2, -0.15) is 0 Å². The lowest BCUT2D eigenvalue weighted by molar-refractivity contribution is -0.136. The molecule has 0 spiro atoms. The quantitative estimate of drug-likeness (QED) is 0.557. The van der Waals surface area contributed by atoms with Crippen LogP contribution in [0.2, 0.25) is 0 Å². The number of esters is 1. The van der Waals surface area contributed by atoms with Crippen LogP contribution in [-0.2, 0) is 9.53 Å². The maximum atomic E-state index is 11.1. The normalized spacial score (nSPS) is 8.94. The van der Waals surface area contributed by atoms with Crippen LogP contribution in [0, 0.1) is 11.8 Å². The first-order valence-corrected chi connectivity index (χ1v) is 5.10. The third kappa shape index (κ3) is 3.32. The highest BCUT2D eigenvalue weighted by Crippen LogP contribution is 2.16. The van der Waals surface area contributed by atoms with Gasteiger partial charge < -0.3 is 9.64 Å². The van der Waals surface area contributed by atoms with Crippen LogP contribution in [0.25, 0.3) is 0 Å². The van der Waals surface area contributed by atoms with Crippen LogP contribution in [0.15, 0.2) is 24.3 Å². The topological polar surface area (TPSA) is 29.5 Å². The molecule has 0 bridgehead atoms. The molecule has 0 fully saturated rings. The number of hydrogen-bond acceptors (Lipinski definition) is 3. The summed E-state index contributed by atoms with van der Waals surface area (Å²) in [5.74, 6) is 4.78. The Morgan fingerprint density at radius 2 is 2.06 bits per heavy atom. The van der Waals surface area contributed by atoms with E-state index in [0.717, 1.165) is 11.3 Å². The molecule has 0 radical (unpaired) electrons. The van der Waals surface area contributed by atoms with Crippen molar-refractivity contribution in [3.63, 3.8) is 0 Å². The Morgan fingerprint density at radius 1 is 1.38 bits per heavy atom. The number of ether oxygens (including phenoxy) is 1. The van der Waals surface area contributed by atoms with Gasteiger partial charge in [0.1, 0.15) is 0 Å². The Hall–Kier alpha value is -1.95. The van der Waals surface area contributed by atoms with Crippen LogP contribution in [0.5, 0.6) is 0 Å². The largest absolute Gasteiger partial charge is 0.456 e. The third-order valence-corrected chi connectivity index (χ3v) is 1.96. The molecule has 0 aromatic heterocycles. The first-order valence-electron chi connectivity index (χ1n) is 5.10. The molecule has 1 aromatic carbocycles. The fraction of sp³-hybridized carbons (Fsp3) is 0.308. The SMILES string of the molecule is CCOC(=O)C#Cc1ccccc1N(C)C. The minimum atomic E-state index is -0.490. The van der Waals surface area contributed by atoms with Gasteiger partial charge in [0.15, 0.2) is 0 Å². The smallest absolute Gasteiger partial charge is 0.384 e. The fourth-order valence-corrected chi connectivity index (χ4v) is 1.25. The van der Waals surface area contributed by atoms with Crippen molar-refractivity contribution in [3.05, 3.63) is 29.8 Å². The van der Waals surface area contributed by atoms with Gasteiger partial charge in [-0.3, -0.25) is 0 Å².